The lowest BCUT2D eigenvalue weighted by atomic mass is 10.0. The molecule has 3 aromatic rings. The number of rotatable bonds is 3. The van der Waals surface area contributed by atoms with Crippen molar-refractivity contribution in [2.24, 2.45) is 0 Å². The minimum absolute atomic E-state index is 0.568. The van der Waals surface area contributed by atoms with E-state index >= 15 is 0 Å². The van der Waals surface area contributed by atoms with E-state index in [4.69, 9.17) is 11.6 Å². The zero-order valence-electron chi connectivity index (χ0n) is 13.5. The van der Waals surface area contributed by atoms with E-state index in [1.54, 1.807) is 0 Å². The van der Waals surface area contributed by atoms with Gasteiger partial charge in [0.05, 0.1) is 0 Å². The van der Waals surface area contributed by atoms with Crippen LogP contribution in [0.2, 0.25) is 5.02 Å². The molecule has 0 amide bonds. The zero-order valence-corrected chi connectivity index (χ0v) is 14.3. The maximum absolute atomic E-state index is 5.79. The smallest absolute Gasteiger partial charge is 0.0408 e. The van der Waals surface area contributed by atoms with Gasteiger partial charge in [0, 0.05) is 16.4 Å². The number of hydrogen-bond acceptors (Lipinski definition) is 1. The highest BCUT2D eigenvalue weighted by molar-refractivity contribution is 6.30. The van der Waals surface area contributed by atoms with Crippen LogP contribution in [0.25, 0.3) is 0 Å². The summed E-state index contributed by atoms with van der Waals surface area (Å²) in [6, 6.07) is 28.3. The molecule has 23 heavy (non-hydrogen) atoms. The third-order valence-corrected chi connectivity index (χ3v) is 3.59. The Labute approximate surface area is 143 Å². The first-order valence-electron chi connectivity index (χ1n) is 7.78. The van der Waals surface area contributed by atoms with E-state index in [0.717, 1.165) is 16.4 Å². The van der Waals surface area contributed by atoms with Gasteiger partial charge in [-0.1, -0.05) is 74.0 Å². The van der Waals surface area contributed by atoms with Crippen LogP contribution in [-0.4, -0.2) is 0 Å². The highest BCUT2D eigenvalue weighted by Gasteiger charge is 1.97. The highest BCUT2D eigenvalue weighted by atomic mass is 35.5. The van der Waals surface area contributed by atoms with Crippen LogP contribution in [0.5, 0.6) is 0 Å². The fraction of sp³-hybridized carbons (Fsp3) is 0.143. The van der Waals surface area contributed by atoms with Crippen molar-refractivity contribution >= 4 is 23.0 Å². The van der Waals surface area contributed by atoms with E-state index in [1.807, 2.05) is 78.9 Å². The first-order valence-corrected chi connectivity index (χ1v) is 8.15. The summed E-state index contributed by atoms with van der Waals surface area (Å²) in [5.74, 6) is 0.568. The molecular weight excluding hydrogens is 302 g/mol. The molecule has 3 rings (SSSR count). The maximum Gasteiger partial charge on any atom is 0.0408 e. The van der Waals surface area contributed by atoms with E-state index in [9.17, 15) is 0 Å². The third kappa shape index (κ3) is 6.17. The van der Waals surface area contributed by atoms with Crippen molar-refractivity contribution in [1.29, 1.82) is 0 Å². The molecule has 0 saturated carbocycles. The summed E-state index contributed by atoms with van der Waals surface area (Å²) in [7, 11) is 0. The SMILES string of the molecule is CC(C)c1cccc(Cl)c1.c1ccc(Nc2ccccc2)cc1. The van der Waals surface area contributed by atoms with Gasteiger partial charge in [0.2, 0.25) is 0 Å². The summed E-state index contributed by atoms with van der Waals surface area (Å²) < 4.78 is 0. The monoisotopic (exact) mass is 323 g/mol. The van der Waals surface area contributed by atoms with E-state index < -0.39 is 0 Å². The molecule has 0 bridgehead atoms. The van der Waals surface area contributed by atoms with Gasteiger partial charge < -0.3 is 5.32 Å². The van der Waals surface area contributed by atoms with E-state index in [1.165, 1.54) is 5.56 Å². The molecule has 0 aromatic heterocycles. The Kier molecular flexibility index (Phi) is 6.71. The molecule has 2 heteroatoms. The molecule has 0 aliphatic rings. The molecule has 0 radical (unpaired) electrons. The highest BCUT2D eigenvalue weighted by Crippen LogP contribution is 2.18. The van der Waals surface area contributed by atoms with Gasteiger partial charge in [0.1, 0.15) is 0 Å². The predicted molar refractivity (Wildman–Crippen MR) is 102 cm³/mol. The van der Waals surface area contributed by atoms with Gasteiger partial charge in [-0.3, -0.25) is 0 Å². The largest absolute Gasteiger partial charge is 0.356 e. The number of halogens is 1. The van der Waals surface area contributed by atoms with Crippen molar-refractivity contribution in [2.75, 3.05) is 5.32 Å². The second kappa shape index (κ2) is 9.02. The Morgan fingerprint density at radius 2 is 1.22 bits per heavy atom. The summed E-state index contributed by atoms with van der Waals surface area (Å²) in [4.78, 5) is 0. The minimum Gasteiger partial charge on any atom is -0.356 e. The normalized spacial score (nSPS) is 9.91. The standard InChI is InChI=1S/C12H11N.C9H11Cl/c1-3-7-11(8-4-1)13-12-9-5-2-6-10-12;1-7(2)8-4-3-5-9(10)6-8/h1-10,13H;3-7H,1-2H3. The summed E-state index contributed by atoms with van der Waals surface area (Å²) in [5.41, 5.74) is 3.54. The van der Waals surface area contributed by atoms with Gasteiger partial charge in [-0.25, -0.2) is 0 Å². The first-order chi connectivity index (χ1) is 11.1. The van der Waals surface area contributed by atoms with Crippen LogP contribution in [0.3, 0.4) is 0 Å². The summed E-state index contributed by atoms with van der Waals surface area (Å²) in [6.45, 7) is 4.32. The van der Waals surface area contributed by atoms with Crippen molar-refractivity contribution in [1.82, 2.24) is 0 Å². The molecule has 1 N–H and O–H groups in total. The number of benzene rings is 3. The first kappa shape index (κ1) is 17.1. The van der Waals surface area contributed by atoms with Crippen LogP contribution in [0.4, 0.5) is 11.4 Å². The molecule has 0 fully saturated rings. The quantitative estimate of drug-likeness (QED) is 0.553. The van der Waals surface area contributed by atoms with Crippen LogP contribution >= 0.6 is 11.6 Å². The van der Waals surface area contributed by atoms with Gasteiger partial charge in [0.25, 0.3) is 0 Å². The Balaban J connectivity index is 0.000000174. The second-order valence-corrected chi connectivity index (χ2v) is 6.00. The number of nitrogens with one attached hydrogen (secondary N) is 1. The van der Waals surface area contributed by atoms with Crippen LogP contribution in [0.1, 0.15) is 25.3 Å². The zero-order chi connectivity index (χ0) is 16.5. The van der Waals surface area contributed by atoms with E-state index in [0.29, 0.717) is 5.92 Å². The third-order valence-electron chi connectivity index (χ3n) is 3.35. The van der Waals surface area contributed by atoms with Gasteiger partial charge in [-0.05, 0) is 47.9 Å². The van der Waals surface area contributed by atoms with Crippen LogP contribution in [0, 0.1) is 0 Å². The van der Waals surface area contributed by atoms with Crippen LogP contribution in [-0.2, 0) is 0 Å². The molecule has 0 saturated heterocycles. The van der Waals surface area contributed by atoms with E-state index in [-0.39, 0.29) is 0 Å². The lowest BCUT2D eigenvalue weighted by Crippen LogP contribution is -1.87. The predicted octanol–water partition coefficient (Wildman–Crippen LogP) is 6.89. The lowest BCUT2D eigenvalue weighted by molar-refractivity contribution is 0.867. The molecule has 0 atom stereocenters. The van der Waals surface area contributed by atoms with Crippen molar-refractivity contribution < 1.29 is 0 Å². The van der Waals surface area contributed by atoms with Gasteiger partial charge in [0.15, 0.2) is 0 Å². The molecule has 3 aromatic carbocycles. The molecular formula is C21H22ClN. The number of para-hydroxylation sites is 2. The fourth-order valence-electron chi connectivity index (χ4n) is 2.08. The molecule has 0 aliphatic carbocycles. The van der Waals surface area contributed by atoms with Crippen molar-refractivity contribution in [3.63, 3.8) is 0 Å². The summed E-state index contributed by atoms with van der Waals surface area (Å²) >= 11 is 5.79. The fourth-order valence-corrected chi connectivity index (χ4v) is 2.27. The second-order valence-electron chi connectivity index (χ2n) is 5.57. The van der Waals surface area contributed by atoms with Crippen molar-refractivity contribution in [2.45, 2.75) is 19.8 Å². The minimum atomic E-state index is 0.568. The van der Waals surface area contributed by atoms with Crippen LogP contribution in [0.15, 0.2) is 84.9 Å². The number of hydrogen-bond donors (Lipinski definition) is 1. The molecule has 118 valence electrons. The van der Waals surface area contributed by atoms with Crippen molar-refractivity contribution in [3.05, 3.63) is 95.5 Å². The van der Waals surface area contributed by atoms with Gasteiger partial charge in [-0.15, -0.1) is 0 Å². The Morgan fingerprint density at radius 3 is 1.61 bits per heavy atom. The average molecular weight is 324 g/mol. The lowest BCUT2D eigenvalue weighted by Gasteiger charge is -2.04. The maximum atomic E-state index is 5.79. The molecule has 0 aliphatic heterocycles. The van der Waals surface area contributed by atoms with Crippen LogP contribution < -0.4 is 5.32 Å². The Morgan fingerprint density at radius 1 is 0.696 bits per heavy atom. The van der Waals surface area contributed by atoms with Gasteiger partial charge in [-0.2, -0.15) is 0 Å². The summed E-state index contributed by atoms with van der Waals surface area (Å²) in [6.07, 6.45) is 0. The molecule has 1 nitrogen and oxygen atoms in total. The number of anilines is 2. The Bertz CT molecular complexity index is 656. The molecule has 0 unspecified atom stereocenters. The molecule has 0 spiro atoms. The molecule has 0 heterocycles. The van der Waals surface area contributed by atoms with Crippen molar-refractivity contribution in [3.8, 4) is 0 Å². The average Bonchev–Trinajstić information content (AvgIpc) is 2.57. The van der Waals surface area contributed by atoms with Gasteiger partial charge >= 0.3 is 0 Å². The Hall–Kier alpha value is -2.25. The van der Waals surface area contributed by atoms with E-state index in [2.05, 4.69) is 25.2 Å². The summed E-state index contributed by atoms with van der Waals surface area (Å²) in [5, 5.41) is 4.13. The topological polar surface area (TPSA) is 12.0 Å².